The van der Waals surface area contributed by atoms with E-state index in [0.717, 1.165) is 24.2 Å². The number of carboxylic acid groups (broad SMARTS) is 1. The fourth-order valence-electron chi connectivity index (χ4n) is 7.50. The number of hydrogen-bond acceptors (Lipinski definition) is 6. The number of Topliss-reactive ketones (excluding diaryl/α,β-unsaturated/α-hetero) is 2. The molecule has 4 aliphatic rings. The van der Waals surface area contributed by atoms with Crippen molar-refractivity contribution in [2.75, 3.05) is 13.1 Å². The molecule has 0 aromatic heterocycles. The molecule has 1 aromatic carbocycles. The average Bonchev–Trinajstić information content (AvgIpc) is 3.60. The Morgan fingerprint density at radius 2 is 1.97 bits per heavy atom. The quantitative estimate of drug-likeness (QED) is 0.478. The molecule has 1 heterocycles. The van der Waals surface area contributed by atoms with Gasteiger partial charge in [-0.15, -0.1) is 0 Å². The molecule has 7 nitrogen and oxygen atoms in total. The van der Waals surface area contributed by atoms with Crippen LogP contribution in [-0.4, -0.2) is 62.5 Å². The average molecular weight is 498 g/mol. The zero-order chi connectivity index (χ0) is 25.8. The number of fused-ring (bicyclic) bond motifs is 1. The zero-order valence-electron chi connectivity index (χ0n) is 21.4. The fourth-order valence-corrected chi connectivity index (χ4v) is 7.50. The van der Waals surface area contributed by atoms with Gasteiger partial charge in [0.1, 0.15) is 17.3 Å². The molecule has 3 N–H and O–H groups in total. The van der Waals surface area contributed by atoms with E-state index in [1.165, 1.54) is 12.8 Å². The number of nitrogens with zero attached hydrogens (tertiary/aromatic N) is 1. The Bertz CT molecular complexity index is 1060. The largest absolute Gasteiger partial charge is 0.508 e. The molecule has 3 fully saturated rings. The third-order valence-corrected chi connectivity index (χ3v) is 9.40. The summed E-state index contributed by atoms with van der Waals surface area (Å²) in [5.41, 5.74) is 0.0304. The first-order valence-electron chi connectivity index (χ1n) is 13.6. The van der Waals surface area contributed by atoms with Gasteiger partial charge in [0, 0.05) is 43.2 Å². The molecule has 0 spiro atoms. The predicted octanol–water partition coefficient (Wildman–Crippen LogP) is 3.48. The highest BCUT2D eigenvalue weighted by Crippen LogP contribution is 2.59. The van der Waals surface area contributed by atoms with Crippen molar-refractivity contribution in [3.05, 3.63) is 29.3 Å². The molecule has 2 saturated carbocycles. The molecule has 196 valence electrons. The maximum Gasteiger partial charge on any atom is 0.306 e. The number of likely N-dealkylation sites (tertiary alicyclic amines) is 1. The lowest BCUT2D eigenvalue weighted by molar-refractivity contribution is -0.182. The Morgan fingerprint density at radius 3 is 2.64 bits per heavy atom. The van der Waals surface area contributed by atoms with Crippen molar-refractivity contribution in [2.45, 2.75) is 88.7 Å². The topological polar surface area (TPSA) is 115 Å². The number of hydrogen-bond donors (Lipinski definition) is 3. The monoisotopic (exact) mass is 497 g/mol. The predicted molar refractivity (Wildman–Crippen MR) is 134 cm³/mol. The van der Waals surface area contributed by atoms with Gasteiger partial charge in [-0.25, -0.2) is 0 Å². The molecule has 1 aliphatic heterocycles. The number of aliphatic carboxylic acids is 1. The molecule has 7 heteroatoms. The van der Waals surface area contributed by atoms with Gasteiger partial charge in [-0.2, -0.15) is 0 Å². The molecule has 2 bridgehead atoms. The van der Waals surface area contributed by atoms with Gasteiger partial charge in [-0.05, 0) is 80.2 Å². The van der Waals surface area contributed by atoms with E-state index >= 15 is 0 Å². The number of carbonyl (C=O) groups excluding carboxylic acids is 2. The molecule has 3 aliphatic carbocycles. The van der Waals surface area contributed by atoms with Crippen LogP contribution < -0.4 is 0 Å². The Balaban J connectivity index is 1.43. The van der Waals surface area contributed by atoms with Crippen LogP contribution in [0.3, 0.4) is 0 Å². The van der Waals surface area contributed by atoms with Gasteiger partial charge in [0.05, 0.1) is 11.5 Å². The van der Waals surface area contributed by atoms with Gasteiger partial charge in [0.15, 0.2) is 0 Å². The van der Waals surface area contributed by atoms with Crippen LogP contribution in [0.25, 0.3) is 0 Å². The second kappa shape index (κ2) is 9.25. The minimum Gasteiger partial charge on any atom is -0.508 e. The van der Waals surface area contributed by atoms with E-state index in [1.807, 2.05) is 19.9 Å². The molecular weight excluding hydrogens is 458 g/mol. The van der Waals surface area contributed by atoms with Crippen LogP contribution in [0.5, 0.6) is 5.75 Å². The second-order valence-corrected chi connectivity index (χ2v) is 12.4. The lowest BCUT2D eigenvalue weighted by Crippen LogP contribution is -2.74. The van der Waals surface area contributed by atoms with Gasteiger partial charge >= 0.3 is 5.97 Å². The van der Waals surface area contributed by atoms with Crippen molar-refractivity contribution in [3.63, 3.8) is 0 Å². The summed E-state index contributed by atoms with van der Waals surface area (Å²) >= 11 is 0. The number of phenolic OH excluding ortho intramolecular Hbond substituents is 1. The van der Waals surface area contributed by atoms with E-state index < -0.39 is 28.8 Å². The van der Waals surface area contributed by atoms with Crippen molar-refractivity contribution in [2.24, 2.45) is 23.7 Å². The van der Waals surface area contributed by atoms with E-state index in [-0.39, 0.29) is 55.0 Å². The molecule has 36 heavy (non-hydrogen) atoms. The van der Waals surface area contributed by atoms with E-state index in [9.17, 15) is 29.7 Å². The second-order valence-electron chi connectivity index (χ2n) is 12.4. The molecule has 0 radical (unpaired) electrons. The highest BCUT2D eigenvalue weighted by molar-refractivity contribution is 5.91. The lowest BCUT2D eigenvalue weighted by Gasteiger charge is -2.64. The third kappa shape index (κ3) is 4.38. The summed E-state index contributed by atoms with van der Waals surface area (Å²) in [6, 6.07) is 5.21. The molecule has 0 amide bonds. The van der Waals surface area contributed by atoms with Crippen LogP contribution in [-0.2, 0) is 26.2 Å². The van der Waals surface area contributed by atoms with Crippen LogP contribution >= 0.6 is 0 Å². The van der Waals surface area contributed by atoms with Crippen LogP contribution in [0.1, 0.15) is 76.3 Å². The number of aliphatic hydroxyl groups is 1. The molecule has 1 saturated heterocycles. The van der Waals surface area contributed by atoms with Crippen molar-refractivity contribution in [3.8, 4) is 5.75 Å². The number of carbonyl (C=O) groups is 3. The molecular formula is C29H39NO6. The molecule has 0 unspecified atom stereocenters. The van der Waals surface area contributed by atoms with Crippen molar-refractivity contribution >= 4 is 17.5 Å². The van der Waals surface area contributed by atoms with Gasteiger partial charge in [0.2, 0.25) is 0 Å². The van der Waals surface area contributed by atoms with Crippen LogP contribution in [0.2, 0.25) is 0 Å². The van der Waals surface area contributed by atoms with Crippen molar-refractivity contribution in [1.29, 1.82) is 0 Å². The maximum absolute atomic E-state index is 13.5. The summed E-state index contributed by atoms with van der Waals surface area (Å²) in [6.07, 6.45) is 4.43. The summed E-state index contributed by atoms with van der Waals surface area (Å²) in [5.74, 6) is -1.61. The lowest BCUT2D eigenvalue weighted by atomic mass is 9.47. The SMILES string of the molecule is CC(C)C[C@H](CC(=O)C[C@H]1C[C@@]2(O)[C@H]3Cc4ccc(O)cc4[C@@]2(CCN3CC2CC2)CC1=O)C(=O)O. The number of rotatable bonds is 9. The van der Waals surface area contributed by atoms with Crippen LogP contribution in [0.15, 0.2) is 18.2 Å². The normalized spacial score (nSPS) is 32.6. The van der Waals surface area contributed by atoms with Gasteiger partial charge in [0.25, 0.3) is 0 Å². The van der Waals surface area contributed by atoms with E-state index in [1.54, 1.807) is 12.1 Å². The number of benzene rings is 1. The first-order valence-corrected chi connectivity index (χ1v) is 13.6. The summed E-state index contributed by atoms with van der Waals surface area (Å²) in [6.45, 7) is 5.63. The fraction of sp³-hybridized carbons (Fsp3) is 0.690. The summed E-state index contributed by atoms with van der Waals surface area (Å²) in [7, 11) is 0. The zero-order valence-corrected chi connectivity index (χ0v) is 21.4. The van der Waals surface area contributed by atoms with Gasteiger partial charge < -0.3 is 15.3 Å². The van der Waals surface area contributed by atoms with Crippen LogP contribution in [0.4, 0.5) is 0 Å². The highest BCUT2D eigenvalue weighted by Gasteiger charge is 2.66. The van der Waals surface area contributed by atoms with E-state index in [4.69, 9.17) is 0 Å². The Hall–Kier alpha value is -2.25. The van der Waals surface area contributed by atoms with Crippen molar-refractivity contribution in [1.82, 2.24) is 4.90 Å². The first-order chi connectivity index (χ1) is 17.0. The van der Waals surface area contributed by atoms with Gasteiger partial charge in [-0.1, -0.05) is 19.9 Å². The number of aromatic hydroxyl groups is 1. The number of piperidine rings is 1. The Kier molecular flexibility index (Phi) is 6.53. The minimum absolute atomic E-state index is 0.0126. The number of carboxylic acids is 1. The molecule has 5 rings (SSSR count). The summed E-state index contributed by atoms with van der Waals surface area (Å²) < 4.78 is 0. The molecule has 5 atom stereocenters. The highest BCUT2D eigenvalue weighted by atomic mass is 16.4. The van der Waals surface area contributed by atoms with Crippen molar-refractivity contribution < 1.29 is 29.7 Å². The van der Waals surface area contributed by atoms with E-state index in [0.29, 0.717) is 25.2 Å². The van der Waals surface area contributed by atoms with Crippen LogP contribution in [0, 0.1) is 23.7 Å². The maximum atomic E-state index is 13.5. The minimum atomic E-state index is -1.18. The smallest absolute Gasteiger partial charge is 0.306 e. The Labute approximate surface area is 212 Å². The molecule has 1 aromatic rings. The Morgan fingerprint density at radius 1 is 1.22 bits per heavy atom. The first kappa shape index (κ1) is 25.4. The van der Waals surface area contributed by atoms with E-state index in [2.05, 4.69) is 4.90 Å². The number of ketones is 2. The summed E-state index contributed by atoms with van der Waals surface area (Å²) in [4.78, 5) is 40.6. The third-order valence-electron chi connectivity index (χ3n) is 9.40. The van der Waals surface area contributed by atoms with Gasteiger partial charge in [-0.3, -0.25) is 19.3 Å². The number of phenols is 1. The standard InChI is InChI=1S/C29H39NO6/c1-17(2)9-20(27(34)35)10-23(32)11-21-14-29(36)26-12-19-5-6-22(31)13-24(19)28(29,15-25(21)33)7-8-30(26)16-18-3-4-18/h5-6,13,17-18,20-21,26,31,36H,3-4,7-12,14-16H2,1-2H3,(H,34,35)/t20-,21+,26-,28-,29-/m1/s1. The summed E-state index contributed by atoms with van der Waals surface area (Å²) in [5, 5.41) is 32.4.